The van der Waals surface area contributed by atoms with E-state index in [2.05, 4.69) is 25.5 Å². The molecule has 0 unspecified atom stereocenters. The minimum atomic E-state index is -3.77. The van der Waals surface area contributed by atoms with E-state index >= 15 is 0 Å². The summed E-state index contributed by atoms with van der Waals surface area (Å²) in [5.74, 6) is 0.386. The molecule has 142 valence electrons. The molecule has 2 aromatic carbocycles. The van der Waals surface area contributed by atoms with Gasteiger partial charge < -0.3 is 4.74 Å². The van der Waals surface area contributed by atoms with Crippen LogP contribution in [0, 0.1) is 13.8 Å². The predicted octanol–water partition coefficient (Wildman–Crippen LogP) is 5.19. The summed E-state index contributed by atoms with van der Waals surface area (Å²) < 4.78 is 34.6. The molecule has 0 aliphatic rings. The Morgan fingerprint density at radius 3 is 2.31 bits per heavy atom. The second kappa shape index (κ2) is 7.70. The molecule has 5 heteroatoms. The third-order valence-corrected chi connectivity index (χ3v) is 5.57. The lowest BCUT2D eigenvalue weighted by molar-refractivity contribution is 0.309. The molecule has 0 heterocycles. The van der Waals surface area contributed by atoms with Crippen LogP contribution in [0.5, 0.6) is 5.75 Å². The van der Waals surface area contributed by atoms with Crippen LogP contribution in [0.15, 0.2) is 41.3 Å². The number of ether oxygens (including phenoxy) is 1. The molecule has 2 rings (SSSR count). The number of nitrogens with one attached hydrogen (secondary N) is 1. The Hall–Kier alpha value is -2.01. The van der Waals surface area contributed by atoms with Crippen LogP contribution in [0.4, 0.5) is 5.69 Å². The molecule has 2 aromatic rings. The van der Waals surface area contributed by atoms with Crippen LogP contribution in [0.3, 0.4) is 0 Å². The Morgan fingerprint density at radius 1 is 1.04 bits per heavy atom. The molecule has 0 atom stereocenters. The number of rotatable bonds is 6. The summed E-state index contributed by atoms with van der Waals surface area (Å²) in [4.78, 5) is 0.179. The Balaban J connectivity index is 2.50. The summed E-state index contributed by atoms with van der Waals surface area (Å²) in [6, 6.07) is 11.1. The van der Waals surface area contributed by atoms with Crippen molar-refractivity contribution in [2.75, 3.05) is 11.3 Å². The molecule has 0 aromatic heterocycles. The van der Waals surface area contributed by atoms with E-state index in [-0.39, 0.29) is 10.3 Å². The minimum absolute atomic E-state index is 0.159. The zero-order valence-electron chi connectivity index (χ0n) is 16.5. The maximum absolute atomic E-state index is 13.1. The topological polar surface area (TPSA) is 55.4 Å². The van der Waals surface area contributed by atoms with Crippen LogP contribution in [0.2, 0.25) is 0 Å². The zero-order valence-corrected chi connectivity index (χ0v) is 17.3. The number of benzene rings is 2. The maximum Gasteiger partial charge on any atom is 0.265 e. The molecule has 26 heavy (non-hydrogen) atoms. The average Bonchev–Trinajstić information content (AvgIpc) is 2.54. The summed E-state index contributed by atoms with van der Waals surface area (Å²) in [5, 5.41) is 0. The first-order valence-electron chi connectivity index (χ1n) is 8.92. The van der Waals surface area contributed by atoms with Gasteiger partial charge in [-0.15, -0.1) is 0 Å². The smallest absolute Gasteiger partial charge is 0.265 e. The van der Waals surface area contributed by atoms with Crippen molar-refractivity contribution in [3.05, 3.63) is 53.1 Å². The number of hydrogen-bond donors (Lipinski definition) is 1. The van der Waals surface area contributed by atoms with E-state index in [9.17, 15) is 8.42 Å². The van der Waals surface area contributed by atoms with Crippen molar-refractivity contribution < 1.29 is 13.2 Å². The number of anilines is 1. The highest BCUT2D eigenvalue weighted by Gasteiger charge is 2.24. The number of sulfonamides is 1. The molecule has 0 saturated carbocycles. The van der Waals surface area contributed by atoms with Gasteiger partial charge in [-0.25, -0.2) is 8.42 Å². The Kier molecular flexibility index (Phi) is 6.02. The van der Waals surface area contributed by atoms with Gasteiger partial charge >= 0.3 is 0 Å². The highest BCUT2D eigenvalue weighted by atomic mass is 32.2. The number of aryl methyl sites for hydroxylation is 2. The molecule has 0 amide bonds. The first-order valence-corrected chi connectivity index (χ1v) is 10.4. The van der Waals surface area contributed by atoms with E-state index in [0.29, 0.717) is 18.0 Å². The molecule has 0 aliphatic heterocycles. The van der Waals surface area contributed by atoms with Gasteiger partial charge in [0.2, 0.25) is 0 Å². The van der Waals surface area contributed by atoms with E-state index in [0.717, 1.165) is 23.1 Å². The third kappa shape index (κ3) is 4.79. The quantitative estimate of drug-likeness (QED) is 0.756. The zero-order chi connectivity index (χ0) is 19.5. The van der Waals surface area contributed by atoms with E-state index in [4.69, 9.17) is 4.74 Å². The van der Waals surface area contributed by atoms with Crippen LogP contribution < -0.4 is 9.46 Å². The van der Waals surface area contributed by atoms with Crippen molar-refractivity contribution in [3.8, 4) is 5.75 Å². The highest BCUT2D eigenvalue weighted by Crippen LogP contribution is 2.32. The fraction of sp³-hybridized carbons (Fsp3) is 0.429. The molecule has 4 nitrogen and oxygen atoms in total. The third-order valence-electron chi connectivity index (χ3n) is 4.19. The van der Waals surface area contributed by atoms with E-state index in [1.807, 2.05) is 39.0 Å². The second-order valence-corrected chi connectivity index (χ2v) is 9.33. The Labute approximate surface area is 157 Å². The minimum Gasteiger partial charge on any atom is -0.492 e. The summed E-state index contributed by atoms with van der Waals surface area (Å²) >= 11 is 0. The van der Waals surface area contributed by atoms with Crippen molar-refractivity contribution in [2.24, 2.45) is 0 Å². The van der Waals surface area contributed by atoms with Gasteiger partial charge in [-0.05, 0) is 55.0 Å². The van der Waals surface area contributed by atoms with Gasteiger partial charge in [0.15, 0.2) is 0 Å². The van der Waals surface area contributed by atoms with Gasteiger partial charge in [0.05, 0.1) is 12.3 Å². The standard InChI is InChI=1S/C21H29NO3S/c1-7-12-25-19-11-9-17(21(4,5)6)14-20(19)26(23,24)22-18-10-8-15(2)13-16(18)3/h8-11,13-14,22H,7,12H2,1-6H3. The normalized spacial score (nSPS) is 12.1. The first kappa shape index (κ1) is 20.3. The van der Waals surface area contributed by atoms with E-state index < -0.39 is 10.0 Å². The second-order valence-electron chi connectivity index (χ2n) is 7.68. The largest absolute Gasteiger partial charge is 0.492 e. The van der Waals surface area contributed by atoms with Gasteiger partial charge in [0.25, 0.3) is 10.0 Å². The summed E-state index contributed by atoms with van der Waals surface area (Å²) in [6.07, 6.45) is 0.811. The summed E-state index contributed by atoms with van der Waals surface area (Å²) in [6.45, 7) is 12.5. The SMILES string of the molecule is CCCOc1ccc(C(C)(C)C)cc1S(=O)(=O)Nc1ccc(C)cc1C. The van der Waals surface area contributed by atoms with Crippen molar-refractivity contribution in [1.82, 2.24) is 0 Å². The van der Waals surface area contributed by atoms with Crippen molar-refractivity contribution in [3.63, 3.8) is 0 Å². The lowest BCUT2D eigenvalue weighted by atomic mass is 9.87. The fourth-order valence-corrected chi connectivity index (χ4v) is 3.95. The van der Waals surface area contributed by atoms with Gasteiger partial charge in [-0.3, -0.25) is 4.72 Å². The molecule has 0 fully saturated rings. The summed E-state index contributed by atoms with van der Waals surface area (Å²) in [7, 11) is -3.77. The lowest BCUT2D eigenvalue weighted by Gasteiger charge is -2.22. The Morgan fingerprint density at radius 2 is 1.73 bits per heavy atom. The Bertz CT molecular complexity index is 881. The van der Waals surface area contributed by atoms with Crippen LogP contribution in [-0.4, -0.2) is 15.0 Å². The van der Waals surface area contributed by atoms with Crippen LogP contribution in [0.25, 0.3) is 0 Å². The van der Waals surface area contributed by atoms with Crippen molar-refractivity contribution >= 4 is 15.7 Å². The van der Waals surface area contributed by atoms with Gasteiger partial charge in [0, 0.05) is 0 Å². The van der Waals surface area contributed by atoms with Crippen LogP contribution in [-0.2, 0) is 15.4 Å². The van der Waals surface area contributed by atoms with Crippen molar-refractivity contribution in [2.45, 2.75) is 58.3 Å². The monoisotopic (exact) mass is 375 g/mol. The molecular formula is C21H29NO3S. The van der Waals surface area contributed by atoms with E-state index in [1.54, 1.807) is 18.2 Å². The number of hydrogen-bond acceptors (Lipinski definition) is 3. The molecule has 0 saturated heterocycles. The van der Waals surface area contributed by atoms with Gasteiger partial charge in [-0.2, -0.15) is 0 Å². The molecule has 0 aliphatic carbocycles. The van der Waals surface area contributed by atoms with Crippen LogP contribution >= 0.6 is 0 Å². The first-order chi connectivity index (χ1) is 12.0. The summed E-state index contributed by atoms with van der Waals surface area (Å²) in [5.41, 5.74) is 3.34. The molecule has 0 spiro atoms. The molecular weight excluding hydrogens is 346 g/mol. The molecule has 0 radical (unpaired) electrons. The van der Waals surface area contributed by atoms with Gasteiger partial charge in [-0.1, -0.05) is 51.5 Å². The van der Waals surface area contributed by atoms with Crippen LogP contribution in [0.1, 0.15) is 50.8 Å². The lowest BCUT2D eigenvalue weighted by Crippen LogP contribution is -2.18. The van der Waals surface area contributed by atoms with Gasteiger partial charge in [0.1, 0.15) is 10.6 Å². The highest BCUT2D eigenvalue weighted by molar-refractivity contribution is 7.92. The molecule has 1 N–H and O–H groups in total. The predicted molar refractivity (Wildman–Crippen MR) is 108 cm³/mol. The average molecular weight is 376 g/mol. The fourth-order valence-electron chi connectivity index (χ4n) is 2.64. The maximum atomic E-state index is 13.1. The van der Waals surface area contributed by atoms with E-state index in [1.165, 1.54) is 0 Å². The van der Waals surface area contributed by atoms with Crippen molar-refractivity contribution in [1.29, 1.82) is 0 Å². The molecule has 0 bridgehead atoms.